The van der Waals surface area contributed by atoms with E-state index in [2.05, 4.69) is 4.99 Å². The molecule has 0 bridgehead atoms. The van der Waals surface area contributed by atoms with Crippen molar-refractivity contribution < 1.29 is 24.5 Å². The first kappa shape index (κ1) is 12.2. The topological polar surface area (TPSA) is 88.4 Å². The minimum atomic E-state index is -1.16. The molecule has 0 aliphatic carbocycles. The zero-order chi connectivity index (χ0) is 9.94. The van der Waals surface area contributed by atoms with Gasteiger partial charge in [-0.25, -0.2) is 4.79 Å². The maximum Gasteiger partial charge on any atom is 0.237 e. The average molecular weight is 191 g/mol. The third kappa shape index (κ3) is 9.13. The molecular formula is C7H13NO5. The number of aliphatic hydroxyl groups is 2. The van der Waals surface area contributed by atoms with Crippen LogP contribution >= 0.6 is 0 Å². The van der Waals surface area contributed by atoms with Gasteiger partial charge < -0.3 is 19.7 Å². The molecule has 0 aliphatic heterocycles. The van der Waals surface area contributed by atoms with E-state index in [0.717, 1.165) is 0 Å². The summed E-state index contributed by atoms with van der Waals surface area (Å²) < 4.78 is 9.73. The smallest absolute Gasteiger partial charge is 0.237 e. The second-order valence-electron chi connectivity index (χ2n) is 2.11. The van der Waals surface area contributed by atoms with Crippen LogP contribution in [0, 0.1) is 0 Å². The van der Waals surface area contributed by atoms with Gasteiger partial charge in [0.1, 0.15) is 0 Å². The highest BCUT2D eigenvalue weighted by Gasteiger charge is 1.99. The monoisotopic (exact) mass is 191 g/mol. The summed E-state index contributed by atoms with van der Waals surface area (Å²) in [6.07, 6.45) is 0.0523. The Labute approximate surface area is 75.8 Å². The molecule has 0 amide bonds. The van der Waals surface area contributed by atoms with E-state index in [-0.39, 0.29) is 26.4 Å². The van der Waals surface area contributed by atoms with Crippen molar-refractivity contribution in [2.45, 2.75) is 6.23 Å². The molecular weight excluding hydrogens is 178 g/mol. The summed E-state index contributed by atoms with van der Waals surface area (Å²) >= 11 is 0. The molecule has 1 atom stereocenters. The molecule has 0 spiro atoms. The van der Waals surface area contributed by atoms with Crippen LogP contribution in [0.1, 0.15) is 0 Å². The SMILES string of the molecule is O=C=NC(O)COCCOCCO. The van der Waals surface area contributed by atoms with Gasteiger partial charge in [-0.1, -0.05) is 0 Å². The lowest BCUT2D eigenvalue weighted by Crippen LogP contribution is -2.15. The minimum absolute atomic E-state index is 0.0297. The molecule has 0 aliphatic rings. The zero-order valence-electron chi connectivity index (χ0n) is 7.18. The van der Waals surface area contributed by atoms with Crippen LogP contribution in [0.15, 0.2) is 4.99 Å². The van der Waals surface area contributed by atoms with Crippen molar-refractivity contribution in [2.24, 2.45) is 4.99 Å². The van der Waals surface area contributed by atoms with Gasteiger partial charge in [0.15, 0.2) is 6.23 Å². The number of ether oxygens (including phenoxy) is 2. The molecule has 0 aromatic carbocycles. The van der Waals surface area contributed by atoms with Crippen molar-refractivity contribution in [1.82, 2.24) is 0 Å². The number of carbonyl (C=O) groups excluding carboxylic acids is 1. The number of hydrogen-bond donors (Lipinski definition) is 2. The van der Waals surface area contributed by atoms with Crippen LogP contribution in [0.25, 0.3) is 0 Å². The molecule has 76 valence electrons. The van der Waals surface area contributed by atoms with Gasteiger partial charge in [0, 0.05) is 0 Å². The molecule has 6 nitrogen and oxygen atoms in total. The Hall–Kier alpha value is -0.780. The third-order valence-corrected chi connectivity index (χ3v) is 1.08. The normalized spacial score (nSPS) is 12.2. The van der Waals surface area contributed by atoms with Gasteiger partial charge in [-0.3, -0.25) is 0 Å². The summed E-state index contributed by atoms with van der Waals surface area (Å²) in [5, 5.41) is 17.1. The Bertz CT molecular complexity index is 157. The first-order valence-corrected chi connectivity index (χ1v) is 3.82. The Kier molecular flexibility index (Phi) is 8.75. The Morgan fingerprint density at radius 2 is 2.00 bits per heavy atom. The van der Waals surface area contributed by atoms with Gasteiger partial charge in [-0.15, -0.1) is 0 Å². The van der Waals surface area contributed by atoms with Crippen LogP contribution in [-0.4, -0.2) is 55.6 Å². The van der Waals surface area contributed by atoms with Crippen molar-refractivity contribution >= 4 is 6.08 Å². The molecule has 13 heavy (non-hydrogen) atoms. The van der Waals surface area contributed by atoms with E-state index in [1.54, 1.807) is 0 Å². The first-order chi connectivity index (χ1) is 6.31. The van der Waals surface area contributed by atoms with Crippen LogP contribution in [0.2, 0.25) is 0 Å². The van der Waals surface area contributed by atoms with Crippen LogP contribution in [0.5, 0.6) is 0 Å². The van der Waals surface area contributed by atoms with Crippen LogP contribution in [-0.2, 0) is 14.3 Å². The van der Waals surface area contributed by atoms with Gasteiger partial charge in [0.05, 0.1) is 33.0 Å². The number of nitrogens with zero attached hydrogens (tertiary/aromatic N) is 1. The lowest BCUT2D eigenvalue weighted by molar-refractivity contribution is 0.000559. The maximum absolute atomic E-state index is 9.63. The fraction of sp³-hybridized carbons (Fsp3) is 0.857. The van der Waals surface area contributed by atoms with E-state index >= 15 is 0 Å². The Morgan fingerprint density at radius 1 is 1.31 bits per heavy atom. The van der Waals surface area contributed by atoms with Crippen LogP contribution in [0.3, 0.4) is 0 Å². The van der Waals surface area contributed by atoms with Gasteiger partial charge >= 0.3 is 0 Å². The number of aliphatic hydroxyl groups excluding tert-OH is 2. The number of hydrogen-bond acceptors (Lipinski definition) is 6. The molecule has 6 heteroatoms. The predicted octanol–water partition coefficient (Wildman–Crippen LogP) is -1.33. The molecule has 0 rings (SSSR count). The van der Waals surface area contributed by atoms with E-state index in [1.807, 2.05) is 0 Å². The summed E-state index contributed by atoms with van der Waals surface area (Å²) in [6, 6.07) is 0. The van der Waals surface area contributed by atoms with Gasteiger partial charge in [-0.05, 0) is 0 Å². The molecule has 1 unspecified atom stereocenters. The van der Waals surface area contributed by atoms with E-state index < -0.39 is 6.23 Å². The number of rotatable bonds is 8. The summed E-state index contributed by atoms with van der Waals surface area (Å²) in [5.41, 5.74) is 0. The molecule has 0 radical (unpaired) electrons. The zero-order valence-corrected chi connectivity index (χ0v) is 7.18. The molecule has 0 fully saturated rings. The molecule has 2 N–H and O–H groups in total. The largest absolute Gasteiger partial charge is 0.394 e. The minimum Gasteiger partial charge on any atom is -0.394 e. The van der Waals surface area contributed by atoms with Crippen molar-refractivity contribution in [2.75, 3.05) is 33.0 Å². The van der Waals surface area contributed by atoms with Crippen LogP contribution < -0.4 is 0 Å². The Balaban J connectivity index is 3.11. The van der Waals surface area contributed by atoms with Crippen molar-refractivity contribution in [3.05, 3.63) is 0 Å². The summed E-state index contributed by atoms with van der Waals surface area (Å²) in [6.45, 7) is 0.789. The summed E-state index contributed by atoms with van der Waals surface area (Å²) in [5.74, 6) is 0. The molecule has 0 saturated carbocycles. The van der Waals surface area contributed by atoms with Crippen LogP contribution in [0.4, 0.5) is 0 Å². The quantitative estimate of drug-likeness (QED) is 0.282. The van der Waals surface area contributed by atoms with Gasteiger partial charge in [0.25, 0.3) is 0 Å². The van der Waals surface area contributed by atoms with E-state index in [1.165, 1.54) is 6.08 Å². The predicted molar refractivity (Wildman–Crippen MR) is 42.9 cm³/mol. The Morgan fingerprint density at radius 3 is 2.62 bits per heavy atom. The fourth-order valence-corrected chi connectivity index (χ4v) is 0.571. The van der Waals surface area contributed by atoms with E-state index in [4.69, 9.17) is 19.7 Å². The maximum atomic E-state index is 9.63. The van der Waals surface area contributed by atoms with Crippen molar-refractivity contribution in [1.29, 1.82) is 0 Å². The third-order valence-electron chi connectivity index (χ3n) is 1.08. The highest BCUT2D eigenvalue weighted by molar-refractivity contribution is 5.33. The highest BCUT2D eigenvalue weighted by atomic mass is 16.5. The molecule has 0 heterocycles. The average Bonchev–Trinajstić information content (AvgIpc) is 2.11. The number of aliphatic imine (C=N–C) groups is 1. The number of isocyanates is 1. The first-order valence-electron chi connectivity index (χ1n) is 3.82. The highest BCUT2D eigenvalue weighted by Crippen LogP contribution is 1.86. The second-order valence-corrected chi connectivity index (χ2v) is 2.11. The molecule has 0 aromatic rings. The molecule has 0 aromatic heterocycles. The summed E-state index contributed by atoms with van der Waals surface area (Å²) in [4.78, 5) is 12.6. The van der Waals surface area contributed by atoms with E-state index in [9.17, 15) is 4.79 Å². The van der Waals surface area contributed by atoms with Gasteiger partial charge in [0.2, 0.25) is 6.08 Å². The van der Waals surface area contributed by atoms with Crippen molar-refractivity contribution in [3.8, 4) is 0 Å². The molecule has 0 saturated heterocycles. The fourth-order valence-electron chi connectivity index (χ4n) is 0.571. The second kappa shape index (κ2) is 9.31. The summed E-state index contributed by atoms with van der Waals surface area (Å²) in [7, 11) is 0. The van der Waals surface area contributed by atoms with Gasteiger partial charge in [-0.2, -0.15) is 4.99 Å². The standard InChI is InChI=1S/C7H13NO5/c9-1-2-12-3-4-13-5-7(11)8-6-10/h7,9,11H,1-5H2. The van der Waals surface area contributed by atoms with E-state index in [0.29, 0.717) is 6.61 Å². The lowest BCUT2D eigenvalue weighted by Gasteiger charge is -2.05. The lowest BCUT2D eigenvalue weighted by atomic mass is 10.6. The van der Waals surface area contributed by atoms with Crippen molar-refractivity contribution in [3.63, 3.8) is 0 Å².